The summed E-state index contributed by atoms with van der Waals surface area (Å²) in [6, 6.07) is 7.64. The summed E-state index contributed by atoms with van der Waals surface area (Å²) in [5.74, 6) is 1.85. The van der Waals surface area contributed by atoms with Crippen LogP contribution in [0.25, 0.3) is 16.7 Å². The van der Waals surface area contributed by atoms with Crippen LogP contribution in [-0.4, -0.2) is 38.4 Å². The first kappa shape index (κ1) is 17.0. The number of methoxy groups -OCH3 is 2. The van der Waals surface area contributed by atoms with Gasteiger partial charge in [-0.15, -0.1) is 0 Å². The SMILES string of the molecule is COc1ccc(CCn2ccc3c(c(C)nc4ncnn43)c2=O)cc1OC. The summed E-state index contributed by atoms with van der Waals surface area (Å²) >= 11 is 0. The van der Waals surface area contributed by atoms with Gasteiger partial charge < -0.3 is 14.0 Å². The van der Waals surface area contributed by atoms with Crippen LogP contribution in [0.1, 0.15) is 11.3 Å². The van der Waals surface area contributed by atoms with Gasteiger partial charge in [0.25, 0.3) is 11.3 Å². The normalized spacial score (nSPS) is 11.2. The molecule has 0 saturated carbocycles. The van der Waals surface area contributed by atoms with Crippen molar-refractivity contribution in [2.24, 2.45) is 0 Å². The van der Waals surface area contributed by atoms with Crippen molar-refractivity contribution in [2.45, 2.75) is 19.9 Å². The zero-order valence-electron chi connectivity index (χ0n) is 15.3. The molecule has 8 heteroatoms. The minimum Gasteiger partial charge on any atom is -0.493 e. The Hall–Kier alpha value is -3.42. The third-order valence-corrected chi connectivity index (χ3v) is 4.62. The standard InChI is InChI=1S/C19H19N5O3/c1-12-17-14(24-19(22-12)20-11-21-24)7-9-23(18(17)25)8-6-13-4-5-15(26-2)16(10-13)27-3/h4-5,7,9-11H,6,8H2,1-3H3. The van der Waals surface area contributed by atoms with E-state index in [1.165, 1.54) is 6.33 Å². The maximum Gasteiger partial charge on any atom is 0.261 e. The summed E-state index contributed by atoms with van der Waals surface area (Å²) in [5.41, 5.74) is 2.33. The highest BCUT2D eigenvalue weighted by molar-refractivity contribution is 5.81. The van der Waals surface area contributed by atoms with E-state index in [-0.39, 0.29) is 5.56 Å². The first-order valence-electron chi connectivity index (χ1n) is 8.52. The van der Waals surface area contributed by atoms with Gasteiger partial charge >= 0.3 is 0 Å². The summed E-state index contributed by atoms with van der Waals surface area (Å²) in [4.78, 5) is 21.4. The number of nitrogens with zero attached hydrogens (tertiary/aromatic N) is 5. The Kier molecular flexibility index (Phi) is 4.23. The van der Waals surface area contributed by atoms with Gasteiger partial charge in [-0.2, -0.15) is 14.6 Å². The molecule has 0 aliphatic carbocycles. The van der Waals surface area contributed by atoms with E-state index in [1.807, 2.05) is 31.2 Å². The minimum absolute atomic E-state index is 0.0876. The largest absolute Gasteiger partial charge is 0.493 e. The van der Waals surface area contributed by atoms with Crippen molar-refractivity contribution >= 4 is 16.7 Å². The lowest BCUT2D eigenvalue weighted by Gasteiger charge is -2.11. The lowest BCUT2D eigenvalue weighted by atomic mass is 10.1. The van der Waals surface area contributed by atoms with Crippen molar-refractivity contribution < 1.29 is 9.47 Å². The highest BCUT2D eigenvalue weighted by Gasteiger charge is 2.12. The first-order valence-corrected chi connectivity index (χ1v) is 8.52. The predicted molar refractivity (Wildman–Crippen MR) is 101 cm³/mol. The Labute approximate surface area is 155 Å². The molecule has 0 bridgehead atoms. The maximum atomic E-state index is 13.0. The lowest BCUT2D eigenvalue weighted by Crippen LogP contribution is -2.22. The molecule has 0 atom stereocenters. The fourth-order valence-electron chi connectivity index (χ4n) is 3.23. The quantitative estimate of drug-likeness (QED) is 0.538. The van der Waals surface area contributed by atoms with Gasteiger partial charge in [-0.05, 0) is 37.1 Å². The Balaban J connectivity index is 1.69. The highest BCUT2D eigenvalue weighted by Crippen LogP contribution is 2.27. The zero-order valence-corrected chi connectivity index (χ0v) is 15.3. The molecular weight excluding hydrogens is 346 g/mol. The molecule has 0 unspecified atom stereocenters. The summed E-state index contributed by atoms with van der Waals surface area (Å²) in [7, 11) is 3.21. The Morgan fingerprint density at radius 1 is 1.11 bits per heavy atom. The van der Waals surface area contributed by atoms with Crippen LogP contribution in [0.5, 0.6) is 11.5 Å². The summed E-state index contributed by atoms with van der Waals surface area (Å²) in [6.07, 6.45) is 3.90. The van der Waals surface area contributed by atoms with Crippen LogP contribution >= 0.6 is 0 Å². The van der Waals surface area contributed by atoms with E-state index in [1.54, 1.807) is 29.5 Å². The molecule has 27 heavy (non-hydrogen) atoms. The molecule has 0 fully saturated rings. The molecule has 0 aliphatic heterocycles. The Morgan fingerprint density at radius 2 is 1.93 bits per heavy atom. The molecule has 0 aliphatic rings. The number of hydrogen-bond donors (Lipinski definition) is 0. The topological polar surface area (TPSA) is 83.5 Å². The molecule has 0 N–H and O–H groups in total. The third kappa shape index (κ3) is 2.88. The van der Waals surface area contributed by atoms with Gasteiger partial charge in [-0.1, -0.05) is 6.07 Å². The molecule has 4 rings (SSSR count). The number of fused-ring (bicyclic) bond motifs is 3. The fraction of sp³-hybridized carbons (Fsp3) is 0.263. The molecule has 0 saturated heterocycles. The maximum absolute atomic E-state index is 13.0. The zero-order chi connectivity index (χ0) is 19.0. The molecule has 8 nitrogen and oxygen atoms in total. The van der Waals surface area contributed by atoms with Gasteiger partial charge in [0, 0.05) is 12.7 Å². The number of ether oxygens (including phenoxy) is 2. The van der Waals surface area contributed by atoms with Gasteiger partial charge in [0.2, 0.25) is 0 Å². The molecule has 0 spiro atoms. The van der Waals surface area contributed by atoms with E-state index in [4.69, 9.17) is 9.47 Å². The lowest BCUT2D eigenvalue weighted by molar-refractivity contribution is 0.354. The van der Waals surface area contributed by atoms with Crippen LogP contribution < -0.4 is 15.0 Å². The van der Waals surface area contributed by atoms with Gasteiger partial charge in [0.05, 0.1) is 30.8 Å². The van der Waals surface area contributed by atoms with Gasteiger partial charge in [-0.25, -0.2) is 4.98 Å². The van der Waals surface area contributed by atoms with Crippen LogP contribution in [0.2, 0.25) is 0 Å². The minimum atomic E-state index is -0.0876. The molecule has 1 aromatic carbocycles. The van der Waals surface area contributed by atoms with Crippen LogP contribution in [0, 0.1) is 6.92 Å². The summed E-state index contributed by atoms with van der Waals surface area (Å²) in [5, 5.41) is 4.72. The monoisotopic (exact) mass is 365 g/mol. The van der Waals surface area contributed by atoms with Crippen LogP contribution in [0.4, 0.5) is 0 Å². The van der Waals surface area contributed by atoms with E-state index in [2.05, 4.69) is 15.1 Å². The van der Waals surface area contributed by atoms with Crippen molar-refractivity contribution in [3.63, 3.8) is 0 Å². The summed E-state index contributed by atoms with van der Waals surface area (Å²) in [6.45, 7) is 2.36. The molecule has 138 valence electrons. The second-order valence-electron chi connectivity index (χ2n) is 6.18. The van der Waals surface area contributed by atoms with E-state index >= 15 is 0 Å². The third-order valence-electron chi connectivity index (χ3n) is 4.62. The second kappa shape index (κ2) is 6.71. The van der Waals surface area contributed by atoms with E-state index in [0.717, 1.165) is 5.56 Å². The Morgan fingerprint density at radius 3 is 2.70 bits per heavy atom. The van der Waals surface area contributed by atoms with Crippen molar-refractivity contribution in [3.05, 3.63) is 58.4 Å². The van der Waals surface area contributed by atoms with Crippen molar-refractivity contribution in [1.29, 1.82) is 0 Å². The van der Waals surface area contributed by atoms with E-state index in [0.29, 0.717) is 46.8 Å². The molecule has 4 aromatic rings. The van der Waals surface area contributed by atoms with Crippen molar-refractivity contribution in [1.82, 2.24) is 24.1 Å². The van der Waals surface area contributed by atoms with Crippen LogP contribution in [0.15, 0.2) is 41.6 Å². The number of hydrogen-bond acceptors (Lipinski definition) is 6. The predicted octanol–water partition coefficient (Wildman–Crippen LogP) is 2.01. The average molecular weight is 365 g/mol. The van der Waals surface area contributed by atoms with E-state index < -0.39 is 0 Å². The highest BCUT2D eigenvalue weighted by atomic mass is 16.5. The number of aryl methyl sites for hydroxylation is 3. The first-order chi connectivity index (χ1) is 13.1. The Bertz CT molecular complexity index is 1200. The van der Waals surface area contributed by atoms with Crippen molar-refractivity contribution in [2.75, 3.05) is 14.2 Å². The average Bonchev–Trinajstić information content (AvgIpc) is 3.15. The van der Waals surface area contributed by atoms with E-state index in [9.17, 15) is 4.79 Å². The molecule has 3 aromatic heterocycles. The molecule has 3 heterocycles. The number of aromatic nitrogens is 5. The molecular formula is C19H19N5O3. The number of rotatable bonds is 5. The smallest absolute Gasteiger partial charge is 0.261 e. The second-order valence-corrected chi connectivity index (χ2v) is 6.18. The molecule has 0 radical (unpaired) electrons. The van der Waals surface area contributed by atoms with Crippen LogP contribution in [0.3, 0.4) is 0 Å². The van der Waals surface area contributed by atoms with Crippen molar-refractivity contribution in [3.8, 4) is 11.5 Å². The van der Waals surface area contributed by atoms with Gasteiger partial charge in [0.15, 0.2) is 11.5 Å². The van der Waals surface area contributed by atoms with Gasteiger partial charge in [-0.3, -0.25) is 4.79 Å². The summed E-state index contributed by atoms with van der Waals surface area (Å²) < 4.78 is 13.9. The molecule has 0 amide bonds. The van der Waals surface area contributed by atoms with Crippen LogP contribution in [-0.2, 0) is 13.0 Å². The number of benzene rings is 1. The van der Waals surface area contributed by atoms with Gasteiger partial charge in [0.1, 0.15) is 6.33 Å². The number of pyridine rings is 1. The fourth-order valence-corrected chi connectivity index (χ4v) is 3.23.